The van der Waals surface area contributed by atoms with Crippen molar-refractivity contribution in [2.45, 2.75) is 32.2 Å². The zero-order valence-electron chi connectivity index (χ0n) is 11.8. The van der Waals surface area contributed by atoms with Crippen molar-refractivity contribution in [2.75, 3.05) is 13.2 Å². The molecule has 1 N–H and O–H groups in total. The Bertz CT molecular complexity index is 544. The molecule has 106 valence electrons. The van der Waals surface area contributed by atoms with Gasteiger partial charge in [0, 0.05) is 24.6 Å². The Kier molecular flexibility index (Phi) is 4.02. The number of benzene rings is 1. The van der Waals surface area contributed by atoms with Crippen molar-refractivity contribution in [3.05, 3.63) is 36.4 Å². The SMILES string of the molecule is CCOc1ccc(-c2cnc(CCNC3CC3)o2)cc1. The maximum absolute atomic E-state index is 5.78. The van der Waals surface area contributed by atoms with Crippen molar-refractivity contribution in [2.24, 2.45) is 0 Å². The van der Waals surface area contributed by atoms with Crippen molar-refractivity contribution in [1.82, 2.24) is 10.3 Å². The third-order valence-electron chi connectivity index (χ3n) is 3.35. The molecule has 0 amide bonds. The summed E-state index contributed by atoms with van der Waals surface area (Å²) >= 11 is 0. The Morgan fingerprint density at radius 3 is 2.80 bits per heavy atom. The summed E-state index contributed by atoms with van der Waals surface area (Å²) in [6.07, 6.45) is 5.25. The summed E-state index contributed by atoms with van der Waals surface area (Å²) in [6.45, 7) is 3.60. The smallest absolute Gasteiger partial charge is 0.196 e. The maximum Gasteiger partial charge on any atom is 0.196 e. The number of ether oxygens (including phenoxy) is 1. The second-order valence-corrected chi connectivity index (χ2v) is 5.05. The van der Waals surface area contributed by atoms with Crippen LogP contribution in [0.15, 0.2) is 34.9 Å². The minimum absolute atomic E-state index is 0.680. The fraction of sp³-hybridized carbons (Fsp3) is 0.438. The molecule has 0 unspecified atom stereocenters. The van der Waals surface area contributed by atoms with Crippen LogP contribution in [0.5, 0.6) is 5.75 Å². The molecule has 1 aromatic carbocycles. The second-order valence-electron chi connectivity index (χ2n) is 5.05. The quantitative estimate of drug-likeness (QED) is 0.841. The van der Waals surface area contributed by atoms with Crippen molar-refractivity contribution >= 4 is 0 Å². The fourth-order valence-corrected chi connectivity index (χ4v) is 2.11. The van der Waals surface area contributed by atoms with E-state index in [9.17, 15) is 0 Å². The Morgan fingerprint density at radius 2 is 2.10 bits per heavy atom. The first kappa shape index (κ1) is 13.2. The van der Waals surface area contributed by atoms with E-state index in [2.05, 4.69) is 10.3 Å². The lowest BCUT2D eigenvalue weighted by Gasteiger charge is -2.03. The first-order chi connectivity index (χ1) is 9.85. The molecule has 0 radical (unpaired) electrons. The predicted molar refractivity (Wildman–Crippen MR) is 77.8 cm³/mol. The Labute approximate surface area is 119 Å². The van der Waals surface area contributed by atoms with E-state index in [-0.39, 0.29) is 0 Å². The minimum Gasteiger partial charge on any atom is -0.494 e. The second kappa shape index (κ2) is 6.09. The van der Waals surface area contributed by atoms with E-state index >= 15 is 0 Å². The molecular formula is C16H20N2O2. The molecule has 3 rings (SSSR count). The highest BCUT2D eigenvalue weighted by molar-refractivity contribution is 5.57. The third kappa shape index (κ3) is 3.39. The molecule has 0 aliphatic heterocycles. The number of oxazole rings is 1. The van der Waals surface area contributed by atoms with E-state index in [1.54, 1.807) is 6.20 Å². The maximum atomic E-state index is 5.78. The van der Waals surface area contributed by atoms with Crippen LogP contribution in [0.25, 0.3) is 11.3 Å². The van der Waals surface area contributed by atoms with E-state index < -0.39 is 0 Å². The highest BCUT2D eigenvalue weighted by Crippen LogP contribution is 2.23. The van der Waals surface area contributed by atoms with Gasteiger partial charge >= 0.3 is 0 Å². The number of aromatic nitrogens is 1. The molecule has 1 heterocycles. The molecule has 2 aromatic rings. The van der Waals surface area contributed by atoms with Crippen molar-refractivity contribution in [3.63, 3.8) is 0 Å². The molecule has 4 nitrogen and oxygen atoms in total. The van der Waals surface area contributed by atoms with Gasteiger partial charge in [-0.25, -0.2) is 4.98 Å². The van der Waals surface area contributed by atoms with Gasteiger partial charge in [-0.1, -0.05) is 0 Å². The van der Waals surface area contributed by atoms with Gasteiger partial charge in [-0.2, -0.15) is 0 Å². The summed E-state index contributed by atoms with van der Waals surface area (Å²) < 4.78 is 11.2. The summed E-state index contributed by atoms with van der Waals surface area (Å²) in [6, 6.07) is 8.64. The lowest BCUT2D eigenvalue weighted by molar-refractivity contribution is 0.340. The molecular weight excluding hydrogens is 252 g/mol. The van der Waals surface area contributed by atoms with E-state index in [0.29, 0.717) is 6.61 Å². The van der Waals surface area contributed by atoms with Gasteiger partial charge in [0.05, 0.1) is 12.8 Å². The molecule has 4 heteroatoms. The molecule has 20 heavy (non-hydrogen) atoms. The van der Waals surface area contributed by atoms with Gasteiger partial charge in [0.2, 0.25) is 0 Å². The summed E-state index contributed by atoms with van der Waals surface area (Å²) in [5.41, 5.74) is 1.03. The van der Waals surface area contributed by atoms with Crippen LogP contribution in [-0.2, 0) is 6.42 Å². The Hall–Kier alpha value is -1.81. The zero-order chi connectivity index (χ0) is 13.8. The van der Waals surface area contributed by atoms with Crippen LogP contribution in [0.4, 0.5) is 0 Å². The lowest BCUT2D eigenvalue weighted by Crippen LogP contribution is -2.19. The first-order valence-electron chi connectivity index (χ1n) is 7.26. The Balaban J connectivity index is 1.59. The topological polar surface area (TPSA) is 47.3 Å². The molecule has 0 bridgehead atoms. The lowest BCUT2D eigenvalue weighted by atomic mass is 10.2. The number of hydrogen-bond donors (Lipinski definition) is 1. The van der Waals surface area contributed by atoms with Crippen LogP contribution in [0, 0.1) is 0 Å². The standard InChI is InChI=1S/C16H20N2O2/c1-2-19-14-7-3-12(4-8-14)15-11-18-16(20-15)9-10-17-13-5-6-13/h3-4,7-8,11,13,17H,2,5-6,9-10H2,1H3. The van der Waals surface area contributed by atoms with Gasteiger partial charge in [0.25, 0.3) is 0 Å². The van der Waals surface area contributed by atoms with Gasteiger partial charge < -0.3 is 14.5 Å². The fourth-order valence-electron chi connectivity index (χ4n) is 2.11. The summed E-state index contributed by atoms with van der Waals surface area (Å²) in [4.78, 5) is 4.33. The van der Waals surface area contributed by atoms with Gasteiger partial charge in [-0.3, -0.25) is 0 Å². The summed E-state index contributed by atoms with van der Waals surface area (Å²) in [7, 11) is 0. The number of nitrogens with one attached hydrogen (secondary N) is 1. The predicted octanol–water partition coefficient (Wildman–Crippen LogP) is 3.03. The molecule has 1 aliphatic rings. The zero-order valence-corrected chi connectivity index (χ0v) is 11.8. The molecule has 0 atom stereocenters. The van der Waals surface area contributed by atoms with Crippen LogP contribution in [0.3, 0.4) is 0 Å². The van der Waals surface area contributed by atoms with Crippen LogP contribution in [0.1, 0.15) is 25.7 Å². The van der Waals surface area contributed by atoms with Gasteiger partial charge in [-0.05, 0) is 44.0 Å². The molecule has 1 fully saturated rings. The number of rotatable bonds is 7. The third-order valence-corrected chi connectivity index (χ3v) is 3.35. The highest BCUT2D eigenvalue weighted by Gasteiger charge is 2.20. The molecule has 0 spiro atoms. The number of hydrogen-bond acceptors (Lipinski definition) is 4. The molecule has 1 saturated carbocycles. The molecule has 1 aliphatic carbocycles. The summed E-state index contributed by atoms with van der Waals surface area (Å²) in [5, 5.41) is 3.46. The van der Waals surface area contributed by atoms with Gasteiger partial charge in [0.15, 0.2) is 11.7 Å². The van der Waals surface area contributed by atoms with E-state index in [4.69, 9.17) is 9.15 Å². The summed E-state index contributed by atoms with van der Waals surface area (Å²) in [5.74, 6) is 2.49. The molecule has 1 aromatic heterocycles. The van der Waals surface area contributed by atoms with Gasteiger partial charge in [0.1, 0.15) is 5.75 Å². The highest BCUT2D eigenvalue weighted by atomic mass is 16.5. The largest absolute Gasteiger partial charge is 0.494 e. The monoisotopic (exact) mass is 272 g/mol. The van der Waals surface area contributed by atoms with Crippen LogP contribution in [0.2, 0.25) is 0 Å². The Morgan fingerprint density at radius 1 is 1.30 bits per heavy atom. The molecule has 0 saturated heterocycles. The first-order valence-corrected chi connectivity index (χ1v) is 7.26. The van der Waals surface area contributed by atoms with Crippen molar-refractivity contribution in [1.29, 1.82) is 0 Å². The van der Waals surface area contributed by atoms with Crippen LogP contribution < -0.4 is 10.1 Å². The van der Waals surface area contributed by atoms with Crippen LogP contribution in [-0.4, -0.2) is 24.2 Å². The average Bonchev–Trinajstić information content (AvgIpc) is 3.17. The number of nitrogens with zero attached hydrogens (tertiary/aromatic N) is 1. The van der Waals surface area contributed by atoms with Crippen molar-refractivity contribution < 1.29 is 9.15 Å². The normalized spacial score (nSPS) is 14.4. The van der Waals surface area contributed by atoms with Gasteiger partial charge in [-0.15, -0.1) is 0 Å². The van der Waals surface area contributed by atoms with E-state index in [1.807, 2.05) is 31.2 Å². The van der Waals surface area contributed by atoms with E-state index in [1.165, 1.54) is 12.8 Å². The minimum atomic E-state index is 0.680. The van der Waals surface area contributed by atoms with Crippen LogP contribution >= 0.6 is 0 Å². The van der Waals surface area contributed by atoms with Crippen molar-refractivity contribution in [3.8, 4) is 17.1 Å². The van der Waals surface area contributed by atoms with E-state index in [0.717, 1.165) is 42.0 Å². The average molecular weight is 272 g/mol.